The third-order valence-corrected chi connectivity index (χ3v) is 5.62. The van der Waals surface area contributed by atoms with Crippen molar-refractivity contribution in [2.45, 2.75) is 19.0 Å². The van der Waals surface area contributed by atoms with Gasteiger partial charge >= 0.3 is 0 Å². The molecule has 0 unspecified atom stereocenters. The van der Waals surface area contributed by atoms with Gasteiger partial charge in [0.05, 0.1) is 25.9 Å². The average Bonchev–Trinajstić information content (AvgIpc) is 3.07. The van der Waals surface area contributed by atoms with E-state index in [0.717, 1.165) is 30.0 Å². The van der Waals surface area contributed by atoms with E-state index in [1.165, 1.54) is 21.9 Å². The molecule has 0 aliphatic carbocycles. The van der Waals surface area contributed by atoms with Gasteiger partial charge in [0, 0.05) is 30.6 Å². The molecule has 3 aromatic rings. The Labute approximate surface area is 164 Å². The van der Waals surface area contributed by atoms with Gasteiger partial charge in [0.25, 0.3) is 0 Å². The largest absolute Gasteiger partial charge is 0.493 e. The number of nitrogens with zero attached hydrogens (tertiary/aromatic N) is 2. The summed E-state index contributed by atoms with van der Waals surface area (Å²) >= 11 is 0. The van der Waals surface area contributed by atoms with Crippen molar-refractivity contribution < 1.29 is 9.47 Å². The van der Waals surface area contributed by atoms with E-state index in [9.17, 15) is 0 Å². The molecule has 0 N–H and O–H groups in total. The SMILES string of the molecule is COc1cc2c(cc1OC)N=C[C@@H]1CC(c3ccc4ccccc4c3)=CN1C2. The van der Waals surface area contributed by atoms with Crippen LogP contribution in [0.25, 0.3) is 16.3 Å². The van der Waals surface area contributed by atoms with E-state index in [1.54, 1.807) is 14.2 Å². The fraction of sp³-hybridized carbons (Fsp3) is 0.208. The van der Waals surface area contributed by atoms with Gasteiger partial charge in [-0.1, -0.05) is 36.4 Å². The number of fused-ring (bicyclic) bond motifs is 3. The van der Waals surface area contributed by atoms with E-state index >= 15 is 0 Å². The topological polar surface area (TPSA) is 34.1 Å². The summed E-state index contributed by atoms with van der Waals surface area (Å²) in [5.41, 5.74) is 4.74. The minimum Gasteiger partial charge on any atom is -0.493 e. The standard InChI is InChI=1S/C24H22N2O2/c1-27-23-11-20-15-26-14-19(10-21(26)13-25-22(20)12-24(23)28-2)18-8-7-16-5-3-4-6-17(16)9-18/h3-9,11-14,21H,10,15H2,1-2H3/t21-/m0/s1. The quantitative estimate of drug-likeness (QED) is 0.636. The Morgan fingerprint density at radius 3 is 2.54 bits per heavy atom. The molecule has 140 valence electrons. The number of hydrogen-bond donors (Lipinski definition) is 0. The summed E-state index contributed by atoms with van der Waals surface area (Å²) in [6, 6.07) is 19.5. The van der Waals surface area contributed by atoms with E-state index in [0.29, 0.717) is 5.75 Å². The molecule has 0 saturated carbocycles. The average molecular weight is 370 g/mol. The normalized spacial score (nSPS) is 17.7. The Kier molecular flexibility index (Phi) is 4.05. The Morgan fingerprint density at radius 2 is 1.71 bits per heavy atom. The smallest absolute Gasteiger partial charge is 0.162 e. The van der Waals surface area contributed by atoms with Gasteiger partial charge in [0.2, 0.25) is 0 Å². The summed E-state index contributed by atoms with van der Waals surface area (Å²) in [4.78, 5) is 7.12. The van der Waals surface area contributed by atoms with Crippen molar-refractivity contribution in [2.75, 3.05) is 14.2 Å². The van der Waals surface area contributed by atoms with E-state index in [4.69, 9.17) is 14.5 Å². The molecule has 0 aromatic heterocycles. The number of rotatable bonds is 3. The molecule has 28 heavy (non-hydrogen) atoms. The van der Waals surface area contributed by atoms with Crippen LogP contribution in [0.4, 0.5) is 5.69 Å². The Balaban J connectivity index is 1.48. The van der Waals surface area contributed by atoms with Crippen LogP contribution in [0.3, 0.4) is 0 Å². The van der Waals surface area contributed by atoms with Crippen LogP contribution in [0.5, 0.6) is 11.5 Å². The highest BCUT2D eigenvalue weighted by Gasteiger charge is 2.27. The summed E-state index contributed by atoms with van der Waals surface area (Å²) in [6.07, 6.45) is 5.30. The highest BCUT2D eigenvalue weighted by atomic mass is 16.5. The molecule has 4 nitrogen and oxygen atoms in total. The third kappa shape index (κ3) is 2.82. The van der Waals surface area contributed by atoms with E-state index in [1.807, 2.05) is 12.1 Å². The van der Waals surface area contributed by atoms with Crippen LogP contribution in [0.1, 0.15) is 17.5 Å². The molecule has 0 spiro atoms. The maximum Gasteiger partial charge on any atom is 0.162 e. The van der Waals surface area contributed by atoms with E-state index < -0.39 is 0 Å². The lowest BCUT2D eigenvalue weighted by Crippen LogP contribution is -2.26. The minimum atomic E-state index is 0.269. The van der Waals surface area contributed by atoms with Gasteiger partial charge in [-0.25, -0.2) is 0 Å². The number of methoxy groups -OCH3 is 2. The van der Waals surface area contributed by atoms with Crippen LogP contribution >= 0.6 is 0 Å². The second-order valence-electron chi connectivity index (χ2n) is 7.27. The molecule has 0 fully saturated rings. The fourth-order valence-electron chi connectivity index (χ4n) is 4.09. The van der Waals surface area contributed by atoms with Crippen LogP contribution < -0.4 is 9.47 Å². The maximum atomic E-state index is 5.47. The first-order valence-corrected chi connectivity index (χ1v) is 9.50. The summed E-state index contributed by atoms with van der Waals surface area (Å²) in [7, 11) is 3.32. The molecule has 0 bridgehead atoms. The lowest BCUT2D eigenvalue weighted by atomic mass is 9.99. The van der Waals surface area contributed by atoms with E-state index in [-0.39, 0.29) is 6.04 Å². The number of ether oxygens (including phenoxy) is 2. The van der Waals surface area contributed by atoms with Gasteiger partial charge in [-0.3, -0.25) is 4.99 Å². The van der Waals surface area contributed by atoms with Crippen LogP contribution in [0, 0.1) is 0 Å². The van der Waals surface area contributed by atoms with Crippen LogP contribution in [-0.2, 0) is 6.54 Å². The molecule has 2 aliphatic rings. The fourth-order valence-corrected chi connectivity index (χ4v) is 4.09. The molecular formula is C24H22N2O2. The Morgan fingerprint density at radius 1 is 0.929 bits per heavy atom. The first-order valence-electron chi connectivity index (χ1n) is 9.50. The third-order valence-electron chi connectivity index (χ3n) is 5.62. The van der Waals surface area contributed by atoms with Crippen molar-refractivity contribution in [3.8, 4) is 11.5 Å². The molecule has 5 rings (SSSR count). The monoisotopic (exact) mass is 370 g/mol. The van der Waals surface area contributed by atoms with E-state index in [2.05, 4.69) is 59.8 Å². The number of hydrogen-bond acceptors (Lipinski definition) is 4. The predicted molar refractivity (Wildman–Crippen MR) is 114 cm³/mol. The number of aliphatic imine (C=N–C) groups is 1. The van der Waals surface area contributed by atoms with Crippen molar-refractivity contribution >= 4 is 28.2 Å². The highest BCUT2D eigenvalue weighted by Crippen LogP contribution is 2.39. The van der Waals surface area contributed by atoms with Crippen LogP contribution in [-0.4, -0.2) is 31.4 Å². The highest BCUT2D eigenvalue weighted by molar-refractivity contribution is 5.88. The zero-order chi connectivity index (χ0) is 19.1. The minimum absolute atomic E-state index is 0.269. The first-order chi connectivity index (χ1) is 13.7. The van der Waals surface area contributed by atoms with Crippen molar-refractivity contribution in [3.63, 3.8) is 0 Å². The molecule has 2 aliphatic heterocycles. The molecule has 0 amide bonds. The summed E-state index contributed by atoms with van der Waals surface area (Å²) < 4.78 is 10.9. The molecule has 1 atom stereocenters. The summed E-state index contributed by atoms with van der Waals surface area (Å²) in [5, 5.41) is 2.55. The lowest BCUT2D eigenvalue weighted by molar-refractivity contribution is 0.348. The molecule has 2 heterocycles. The van der Waals surface area contributed by atoms with Gasteiger partial charge < -0.3 is 14.4 Å². The molecular weight excluding hydrogens is 348 g/mol. The number of benzene rings is 3. The van der Waals surface area contributed by atoms with Crippen LogP contribution in [0.2, 0.25) is 0 Å². The van der Waals surface area contributed by atoms with Crippen molar-refractivity contribution in [1.82, 2.24) is 4.90 Å². The summed E-state index contributed by atoms with van der Waals surface area (Å²) in [6.45, 7) is 0.803. The second-order valence-corrected chi connectivity index (χ2v) is 7.27. The predicted octanol–water partition coefficient (Wildman–Crippen LogP) is 5.19. The van der Waals surface area contributed by atoms with Crippen molar-refractivity contribution in [1.29, 1.82) is 0 Å². The molecule has 4 heteroatoms. The molecule has 3 aromatic carbocycles. The zero-order valence-corrected chi connectivity index (χ0v) is 16.1. The molecule has 0 radical (unpaired) electrons. The van der Waals surface area contributed by atoms with Gasteiger partial charge in [-0.15, -0.1) is 0 Å². The maximum absolute atomic E-state index is 5.47. The summed E-state index contributed by atoms with van der Waals surface area (Å²) in [5.74, 6) is 1.46. The Bertz CT molecular complexity index is 1120. The Hall–Kier alpha value is -3.27. The van der Waals surface area contributed by atoms with Crippen LogP contribution in [0.15, 0.2) is 65.8 Å². The first kappa shape index (κ1) is 16.9. The molecule has 0 saturated heterocycles. The van der Waals surface area contributed by atoms with Gasteiger partial charge in [-0.05, 0) is 40.5 Å². The zero-order valence-electron chi connectivity index (χ0n) is 16.1. The lowest BCUT2D eigenvalue weighted by Gasteiger charge is -2.21. The van der Waals surface area contributed by atoms with Crippen molar-refractivity contribution in [2.24, 2.45) is 4.99 Å². The van der Waals surface area contributed by atoms with Gasteiger partial charge in [-0.2, -0.15) is 0 Å². The van der Waals surface area contributed by atoms with Gasteiger partial charge in [0.1, 0.15) is 0 Å². The second kappa shape index (κ2) is 6.71. The van der Waals surface area contributed by atoms with Gasteiger partial charge in [0.15, 0.2) is 11.5 Å². The van der Waals surface area contributed by atoms with Crippen molar-refractivity contribution in [3.05, 3.63) is 71.9 Å².